The van der Waals surface area contributed by atoms with Crippen LogP contribution in [0.2, 0.25) is 0 Å². The molecule has 0 saturated heterocycles. The van der Waals surface area contributed by atoms with Gasteiger partial charge in [0.1, 0.15) is 19.3 Å². The van der Waals surface area contributed by atoms with Crippen molar-refractivity contribution < 1.29 is 80.2 Å². The number of phosphoric acid groups is 2. The number of rotatable bonds is 74. The molecule has 0 heterocycles. The Bertz CT molecular complexity index is 2410. The predicted molar refractivity (Wildman–Crippen MR) is 418 cm³/mol. The van der Waals surface area contributed by atoms with E-state index in [9.17, 15) is 43.2 Å². The average molecular weight is 1470 g/mol. The molecule has 102 heavy (non-hydrogen) atoms. The number of phosphoric ester groups is 2. The van der Waals surface area contributed by atoms with E-state index in [0.717, 1.165) is 180 Å². The van der Waals surface area contributed by atoms with Gasteiger partial charge in [0.15, 0.2) is 12.2 Å². The Morgan fingerprint density at radius 2 is 0.510 bits per heavy atom. The van der Waals surface area contributed by atoms with Gasteiger partial charge in [-0.1, -0.05) is 284 Å². The van der Waals surface area contributed by atoms with Gasteiger partial charge in [0.05, 0.1) is 26.4 Å². The summed E-state index contributed by atoms with van der Waals surface area (Å²) < 4.78 is 68.5. The largest absolute Gasteiger partial charge is 0.472 e. The number of allylic oxidation sites excluding steroid dienone is 20. The van der Waals surface area contributed by atoms with Crippen LogP contribution in [0.4, 0.5) is 0 Å². The van der Waals surface area contributed by atoms with Gasteiger partial charge in [0, 0.05) is 25.7 Å². The van der Waals surface area contributed by atoms with Gasteiger partial charge in [0.2, 0.25) is 0 Å². The molecule has 0 bridgehead atoms. The molecule has 0 rings (SSSR count). The number of ether oxygens (including phenoxy) is 4. The summed E-state index contributed by atoms with van der Waals surface area (Å²) in [6.45, 7) is 4.56. The molecular formula is C83H142O17P2. The monoisotopic (exact) mass is 1470 g/mol. The van der Waals surface area contributed by atoms with Crippen molar-refractivity contribution in [2.24, 2.45) is 0 Å². The van der Waals surface area contributed by atoms with E-state index < -0.39 is 97.5 Å². The van der Waals surface area contributed by atoms with Gasteiger partial charge < -0.3 is 33.8 Å². The van der Waals surface area contributed by atoms with Gasteiger partial charge >= 0.3 is 39.5 Å². The highest BCUT2D eigenvalue weighted by molar-refractivity contribution is 7.47. The second kappa shape index (κ2) is 74.7. The number of aliphatic hydroxyl groups excluding tert-OH is 1. The lowest BCUT2D eigenvalue weighted by Gasteiger charge is -2.21. The van der Waals surface area contributed by atoms with Crippen molar-refractivity contribution in [3.05, 3.63) is 122 Å². The third-order valence-corrected chi connectivity index (χ3v) is 18.3. The zero-order valence-electron chi connectivity index (χ0n) is 64.0. The van der Waals surface area contributed by atoms with Gasteiger partial charge in [-0.05, 0) is 135 Å². The Morgan fingerprint density at radius 3 is 0.824 bits per heavy atom. The third kappa shape index (κ3) is 73.8. The van der Waals surface area contributed by atoms with Crippen LogP contribution in [-0.4, -0.2) is 96.7 Å². The van der Waals surface area contributed by atoms with Crippen LogP contribution in [0.3, 0.4) is 0 Å². The van der Waals surface area contributed by atoms with E-state index in [1.165, 1.54) is 57.8 Å². The Morgan fingerprint density at radius 1 is 0.284 bits per heavy atom. The van der Waals surface area contributed by atoms with Crippen LogP contribution in [0.25, 0.3) is 0 Å². The number of carbonyl (C=O) groups is 4. The van der Waals surface area contributed by atoms with Crippen molar-refractivity contribution in [1.82, 2.24) is 0 Å². The van der Waals surface area contributed by atoms with Crippen LogP contribution in [0.15, 0.2) is 122 Å². The molecule has 17 nitrogen and oxygen atoms in total. The van der Waals surface area contributed by atoms with Gasteiger partial charge in [-0.2, -0.15) is 0 Å². The Hall–Kier alpha value is -4.54. The fourth-order valence-corrected chi connectivity index (χ4v) is 12.0. The molecule has 0 aliphatic carbocycles. The minimum absolute atomic E-state index is 0.0380. The van der Waals surface area contributed by atoms with Crippen molar-refractivity contribution in [3.8, 4) is 0 Å². The van der Waals surface area contributed by atoms with E-state index in [4.69, 9.17) is 37.0 Å². The quantitative estimate of drug-likeness (QED) is 0.0169. The predicted octanol–water partition coefficient (Wildman–Crippen LogP) is 23.1. The molecule has 0 spiro atoms. The molecule has 0 fully saturated rings. The topological polar surface area (TPSA) is 237 Å². The highest BCUT2D eigenvalue weighted by Crippen LogP contribution is 2.45. The molecule has 586 valence electrons. The van der Waals surface area contributed by atoms with Crippen LogP contribution in [0, 0.1) is 0 Å². The maximum Gasteiger partial charge on any atom is 0.472 e. The Kier molecular flexibility index (Phi) is 71.4. The molecule has 19 heteroatoms. The zero-order valence-corrected chi connectivity index (χ0v) is 65.8. The van der Waals surface area contributed by atoms with Crippen LogP contribution in [0.1, 0.15) is 323 Å². The molecule has 0 saturated carbocycles. The molecule has 0 aromatic rings. The lowest BCUT2D eigenvalue weighted by Crippen LogP contribution is -2.30. The van der Waals surface area contributed by atoms with Gasteiger partial charge in [0.25, 0.3) is 0 Å². The molecule has 0 aromatic carbocycles. The summed E-state index contributed by atoms with van der Waals surface area (Å²) in [7, 11) is -9.97. The number of esters is 4. The number of carbonyl (C=O) groups excluding carboxylic acids is 4. The molecule has 0 radical (unpaired) electrons. The smallest absolute Gasteiger partial charge is 0.462 e. The SMILES string of the molecule is CC/C=C\C/C=C\C/C=C\C/C=C\CCCCC(=O)OC(COC(=O)CCCCCCCC/C=C\C/C=C\C/C=C\CCCCC)COP(=O)(O)OCC(O)COP(=O)(O)OCC(COC(=O)CCCCCCCCC/C=C\C/C=C\C/C=C\CC)OC(=O)CCCCCCCCCCCCC. The first kappa shape index (κ1) is 97.5. The average Bonchev–Trinajstić information content (AvgIpc) is 0.936. The maximum atomic E-state index is 13.1. The third-order valence-electron chi connectivity index (χ3n) is 16.4. The van der Waals surface area contributed by atoms with Crippen molar-refractivity contribution in [3.63, 3.8) is 0 Å². The molecule has 3 N–H and O–H groups in total. The second-order valence-corrected chi connectivity index (χ2v) is 29.2. The van der Waals surface area contributed by atoms with Crippen LogP contribution in [0.5, 0.6) is 0 Å². The molecule has 0 aliphatic heterocycles. The first-order chi connectivity index (χ1) is 49.7. The van der Waals surface area contributed by atoms with E-state index in [-0.39, 0.29) is 25.7 Å². The van der Waals surface area contributed by atoms with Crippen LogP contribution >= 0.6 is 15.6 Å². The minimum Gasteiger partial charge on any atom is -0.462 e. The van der Waals surface area contributed by atoms with Crippen LogP contribution in [-0.2, 0) is 65.4 Å². The van der Waals surface area contributed by atoms with Crippen molar-refractivity contribution >= 4 is 39.5 Å². The van der Waals surface area contributed by atoms with Gasteiger partial charge in [-0.3, -0.25) is 37.3 Å². The lowest BCUT2D eigenvalue weighted by atomic mass is 10.1. The first-order valence-corrected chi connectivity index (χ1v) is 42.8. The van der Waals surface area contributed by atoms with Crippen LogP contribution < -0.4 is 0 Å². The zero-order chi connectivity index (χ0) is 74.6. The number of hydrogen-bond acceptors (Lipinski definition) is 15. The van der Waals surface area contributed by atoms with E-state index in [2.05, 4.69) is 149 Å². The van der Waals surface area contributed by atoms with Crippen molar-refractivity contribution in [1.29, 1.82) is 0 Å². The molecule has 0 amide bonds. The normalized spacial score (nSPS) is 14.5. The first-order valence-electron chi connectivity index (χ1n) is 39.8. The summed E-state index contributed by atoms with van der Waals surface area (Å²) in [5, 5.41) is 10.6. The van der Waals surface area contributed by atoms with Crippen molar-refractivity contribution in [2.75, 3.05) is 39.6 Å². The van der Waals surface area contributed by atoms with Gasteiger partial charge in [-0.15, -0.1) is 0 Å². The molecule has 5 unspecified atom stereocenters. The molecule has 0 aliphatic rings. The molecule has 0 aromatic heterocycles. The summed E-state index contributed by atoms with van der Waals surface area (Å²) >= 11 is 0. The summed E-state index contributed by atoms with van der Waals surface area (Å²) in [5.74, 6) is -2.24. The number of hydrogen-bond donors (Lipinski definition) is 3. The second-order valence-electron chi connectivity index (χ2n) is 26.2. The Labute approximate surface area is 619 Å². The molecular weight excluding hydrogens is 1330 g/mol. The minimum atomic E-state index is -4.99. The van der Waals surface area contributed by atoms with Crippen molar-refractivity contribution in [2.45, 2.75) is 341 Å². The lowest BCUT2D eigenvalue weighted by molar-refractivity contribution is -0.161. The summed E-state index contributed by atoms with van der Waals surface area (Å²) in [4.78, 5) is 72.9. The standard InChI is InChI=1S/C83H142O17P2/c1-5-9-13-17-21-25-29-32-35-37-38-40-43-45-49-52-56-60-64-68-81(86)94-74-79(100-83(88)70-66-62-58-54-50-46-41-34-31-27-23-19-15-11-7-3)76-98-102(91,92)96-72-77(84)71-95-101(89,90)97-75-78(99-82(87)69-65-61-57-53-47-28-24-20-16-12-8-4)73-93-80(85)67-63-59-55-51-48-44-42-39-36-33-30-26-22-18-14-10-6-2/h10-11,14-15,21-23,25-27,32-36,38,40-41,50,54,77-79,84H,5-9,12-13,16-20,24,28-31,37,39,42-49,51-53,55-76H2,1-4H3,(H,89,90)(H,91,92)/b14-10-,15-11-,25-21-,26-22-,27-23-,35-32-,36-33-,40-38-,41-34-,54-50-. The maximum absolute atomic E-state index is 13.1. The van der Waals surface area contributed by atoms with Gasteiger partial charge in [-0.25, -0.2) is 9.13 Å². The molecule has 5 atom stereocenters. The highest BCUT2D eigenvalue weighted by Gasteiger charge is 2.30. The fraction of sp³-hybridized carbons (Fsp3) is 0.711. The summed E-state index contributed by atoms with van der Waals surface area (Å²) in [5.41, 5.74) is 0. The Balaban J connectivity index is 5.36. The highest BCUT2D eigenvalue weighted by atomic mass is 31.2. The van der Waals surface area contributed by atoms with E-state index in [0.29, 0.717) is 32.1 Å². The van der Waals surface area contributed by atoms with E-state index >= 15 is 0 Å². The number of aliphatic hydroxyl groups is 1. The number of unbranched alkanes of at least 4 members (excludes halogenated alkanes) is 28. The fourth-order valence-electron chi connectivity index (χ4n) is 10.4. The summed E-state index contributed by atoms with van der Waals surface area (Å²) in [6, 6.07) is 0. The van der Waals surface area contributed by atoms with E-state index in [1.54, 1.807) is 0 Å². The summed E-state index contributed by atoms with van der Waals surface area (Å²) in [6.07, 6.45) is 81.8. The van der Waals surface area contributed by atoms with E-state index in [1.807, 2.05) is 0 Å².